The molecule has 2 aromatic heterocycles. The molecule has 0 saturated heterocycles. The zero-order chi connectivity index (χ0) is 26.4. The second-order valence-corrected chi connectivity index (χ2v) is 8.75. The Morgan fingerprint density at radius 2 is 1.73 bits per heavy atom. The summed E-state index contributed by atoms with van der Waals surface area (Å²) in [6, 6.07) is 21.1. The number of benzene rings is 2. The van der Waals surface area contributed by atoms with Gasteiger partial charge in [0, 0.05) is 48.5 Å². The molecule has 2 heterocycles. The molecule has 0 unspecified atom stereocenters. The summed E-state index contributed by atoms with van der Waals surface area (Å²) in [5.41, 5.74) is 7.69. The van der Waals surface area contributed by atoms with Crippen molar-refractivity contribution >= 4 is 17.8 Å². The van der Waals surface area contributed by atoms with Crippen LogP contribution in [0.2, 0.25) is 0 Å². The summed E-state index contributed by atoms with van der Waals surface area (Å²) in [4.78, 5) is 14.5. The van der Waals surface area contributed by atoms with Crippen LogP contribution in [0.3, 0.4) is 0 Å². The number of hydrazone groups is 1. The van der Waals surface area contributed by atoms with Gasteiger partial charge in [0.15, 0.2) is 5.76 Å². The normalized spacial score (nSPS) is 11.1. The van der Waals surface area contributed by atoms with Crippen LogP contribution < -0.4 is 19.8 Å². The molecule has 0 aliphatic heterocycles. The van der Waals surface area contributed by atoms with Crippen LogP contribution in [-0.2, 0) is 6.61 Å². The lowest BCUT2D eigenvalue weighted by molar-refractivity contribution is 0.0923. The van der Waals surface area contributed by atoms with E-state index in [4.69, 9.17) is 13.9 Å². The predicted octanol–water partition coefficient (Wildman–Crippen LogP) is 5.49. The second kappa shape index (κ2) is 11.5. The highest BCUT2D eigenvalue weighted by Gasteiger charge is 2.12. The topological polar surface area (TPSA) is 81.2 Å². The Labute approximate surface area is 217 Å². The Morgan fingerprint density at radius 3 is 2.41 bits per heavy atom. The quantitative estimate of drug-likeness (QED) is 0.230. The van der Waals surface area contributed by atoms with E-state index in [0.29, 0.717) is 23.9 Å². The van der Waals surface area contributed by atoms with Gasteiger partial charge in [-0.15, -0.1) is 0 Å². The van der Waals surface area contributed by atoms with Crippen LogP contribution >= 0.6 is 0 Å². The summed E-state index contributed by atoms with van der Waals surface area (Å²) < 4.78 is 19.4. The number of carbonyl (C=O) groups is 1. The van der Waals surface area contributed by atoms with Crippen LogP contribution in [0.5, 0.6) is 11.5 Å². The molecule has 8 nitrogen and oxygen atoms in total. The molecule has 1 amide bonds. The monoisotopic (exact) mass is 500 g/mol. The van der Waals surface area contributed by atoms with Crippen molar-refractivity contribution in [1.29, 1.82) is 0 Å². The van der Waals surface area contributed by atoms with E-state index < -0.39 is 5.91 Å². The van der Waals surface area contributed by atoms with E-state index in [1.54, 1.807) is 18.3 Å². The Kier molecular flexibility index (Phi) is 7.98. The van der Waals surface area contributed by atoms with Crippen LogP contribution in [0.4, 0.5) is 5.69 Å². The number of aryl methyl sites for hydroxylation is 2. The molecule has 0 fully saturated rings. The van der Waals surface area contributed by atoms with E-state index >= 15 is 0 Å². The van der Waals surface area contributed by atoms with Gasteiger partial charge in [0.1, 0.15) is 23.9 Å². The number of amides is 1. The van der Waals surface area contributed by atoms with E-state index in [9.17, 15) is 4.79 Å². The smallest absolute Gasteiger partial charge is 0.307 e. The van der Waals surface area contributed by atoms with E-state index in [0.717, 1.165) is 16.9 Å². The fourth-order valence-corrected chi connectivity index (χ4v) is 3.90. The standard InChI is InChI=1S/C29H32N4O4/c1-6-35-28-17-24(32(4)5)10-9-22(28)18-30-31-29(34)27-16-15-26(37-27)19-36-25-13-11-23(12-14-25)33-20(2)7-8-21(33)3/h7-18H,6,19H2,1-5H3,(H,31,34)/b30-18+. The van der Waals surface area contributed by atoms with Gasteiger partial charge in [-0.25, -0.2) is 5.43 Å². The molecule has 0 saturated carbocycles. The van der Waals surface area contributed by atoms with Gasteiger partial charge in [-0.3, -0.25) is 4.79 Å². The molecule has 2 aromatic carbocycles. The minimum Gasteiger partial charge on any atom is -0.493 e. The Bertz CT molecular complexity index is 1360. The minimum absolute atomic E-state index is 0.151. The lowest BCUT2D eigenvalue weighted by Gasteiger charge is -2.15. The fourth-order valence-electron chi connectivity index (χ4n) is 3.90. The molecule has 0 bridgehead atoms. The Morgan fingerprint density at radius 1 is 1.00 bits per heavy atom. The predicted molar refractivity (Wildman–Crippen MR) is 145 cm³/mol. The lowest BCUT2D eigenvalue weighted by Crippen LogP contribution is -2.17. The molecule has 4 rings (SSSR count). The van der Waals surface area contributed by atoms with Crippen molar-refractivity contribution in [2.75, 3.05) is 25.6 Å². The van der Waals surface area contributed by atoms with Gasteiger partial charge in [0.2, 0.25) is 0 Å². The van der Waals surface area contributed by atoms with Crippen LogP contribution in [-0.4, -0.2) is 37.4 Å². The van der Waals surface area contributed by atoms with Crippen molar-refractivity contribution in [3.63, 3.8) is 0 Å². The Balaban J connectivity index is 1.33. The molecule has 0 spiro atoms. The van der Waals surface area contributed by atoms with Crippen molar-refractivity contribution in [1.82, 2.24) is 9.99 Å². The highest BCUT2D eigenvalue weighted by molar-refractivity contribution is 5.93. The second-order valence-electron chi connectivity index (χ2n) is 8.75. The molecule has 0 atom stereocenters. The molecule has 0 aliphatic carbocycles. The van der Waals surface area contributed by atoms with Crippen molar-refractivity contribution < 1.29 is 18.7 Å². The highest BCUT2D eigenvalue weighted by Crippen LogP contribution is 2.24. The third-order valence-corrected chi connectivity index (χ3v) is 5.82. The van der Waals surface area contributed by atoms with Crippen molar-refractivity contribution in [2.45, 2.75) is 27.4 Å². The van der Waals surface area contributed by atoms with Gasteiger partial charge in [0.05, 0.1) is 12.8 Å². The fraction of sp³-hybridized carbons (Fsp3) is 0.241. The SMILES string of the molecule is CCOc1cc(N(C)C)ccc1/C=N/NC(=O)c1ccc(COc2ccc(-n3c(C)ccc3C)cc2)o1. The van der Waals surface area contributed by atoms with E-state index in [2.05, 4.69) is 41.1 Å². The number of nitrogens with zero attached hydrogens (tertiary/aromatic N) is 3. The van der Waals surface area contributed by atoms with Gasteiger partial charge < -0.3 is 23.4 Å². The van der Waals surface area contributed by atoms with Crippen LogP contribution in [0.15, 0.2) is 76.2 Å². The van der Waals surface area contributed by atoms with Crippen molar-refractivity contribution in [3.8, 4) is 17.2 Å². The van der Waals surface area contributed by atoms with Crippen molar-refractivity contribution in [3.05, 3.63) is 95.2 Å². The maximum absolute atomic E-state index is 12.5. The number of nitrogens with one attached hydrogen (secondary N) is 1. The first-order chi connectivity index (χ1) is 17.9. The molecule has 192 valence electrons. The largest absolute Gasteiger partial charge is 0.493 e. The third kappa shape index (κ3) is 6.22. The summed E-state index contributed by atoms with van der Waals surface area (Å²) in [7, 11) is 3.92. The molecular weight excluding hydrogens is 468 g/mol. The van der Waals surface area contributed by atoms with Gasteiger partial charge in [0.25, 0.3) is 0 Å². The summed E-state index contributed by atoms with van der Waals surface area (Å²) in [5.74, 6) is 1.64. The van der Waals surface area contributed by atoms with Gasteiger partial charge in [-0.05, 0) is 81.4 Å². The minimum atomic E-state index is -0.452. The summed E-state index contributed by atoms with van der Waals surface area (Å²) in [5, 5.41) is 4.07. The number of carbonyl (C=O) groups excluding carboxylic acids is 1. The molecule has 4 aromatic rings. The van der Waals surface area contributed by atoms with Crippen LogP contribution in [0, 0.1) is 13.8 Å². The number of rotatable bonds is 10. The maximum atomic E-state index is 12.5. The summed E-state index contributed by atoms with van der Waals surface area (Å²) >= 11 is 0. The lowest BCUT2D eigenvalue weighted by atomic mass is 10.2. The maximum Gasteiger partial charge on any atom is 0.307 e. The molecule has 8 heteroatoms. The average Bonchev–Trinajstić information content (AvgIpc) is 3.50. The number of anilines is 1. The number of hydrogen-bond donors (Lipinski definition) is 1. The Hall–Kier alpha value is -4.46. The molecule has 0 radical (unpaired) electrons. The first-order valence-electron chi connectivity index (χ1n) is 12.1. The summed E-state index contributed by atoms with van der Waals surface area (Å²) in [6.07, 6.45) is 1.55. The molecule has 37 heavy (non-hydrogen) atoms. The van der Waals surface area contributed by atoms with Crippen LogP contribution in [0.1, 0.15) is 40.2 Å². The zero-order valence-corrected chi connectivity index (χ0v) is 21.8. The first-order valence-corrected chi connectivity index (χ1v) is 12.1. The first kappa shape index (κ1) is 25.6. The van der Waals surface area contributed by atoms with Crippen LogP contribution in [0.25, 0.3) is 5.69 Å². The van der Waals surface area contributed by atoms with Gasteiger partial charge in [-0.2, -0.15) is 5.10 Å². The van der Waals surface area contributed by atoms with Gasteiger partial charge in [-0.1, -0.05) is 0 Å². The van der Waals surface area contributed by atoms with E-state index in [1.807, 2.05) is 68.4 Å². The van der Waals surface area contributed by atoms with Crippen molar-refractivity contribution in [2.24, 2.45) is 5.10 Å². The average molecular weight is 501 g/mol. The number of hydrogen-bond acceptors (Lipinski definition) is 6. The van der Waals surface area contributed by atoms with Gasteiger partial charge >= 0.3 is 5.91 Å². The third-order valence-electron chi connectivity index (χ3n) is 5.82. The number of furan rings is 1. The number of aromatic nitrogens is 1. The highest BCUT2D eigenvalue weighted by atomic mass is 16.5. The van der Waals surface area contributed by atoms with E-state index in [1.165, 1.54) is 11.4 Å². The zero-order valence-electron chi connectivity index (χ0n) is 21.8. The summed E-state index contributed by atoms with van der Waals surface area (Å²) in [6.45, 7) is 6.80. The molecular formula is C29H32N4O4. The molecule has 0 aliphatic rings. The molecule has 1 N–H and O–H groups in total. The van der Waals surface area contributed by atoms with E-state index in [-0.39, 0.29) is 12.4 Å². The number of ether oxygens (including phenoxy) is 2.